The van der Waals surface area contributed by atoms with Crippen molar-refractivity contribution in [2.75, 3.05) is 26.2 Å². The highest BCUT2D eigenvalue weighted by Gasteiger charge is 2.37. The fourth-order valence-corrected chi connectivity index (χ4v) is 2.01. The standard InChI is InChI=1S/C7H12N2O2/c10-7(11)9-3-5-1-8-2-6(5)4-9/h5-6,8H,1-4H2,(H,10,11)/t5-,6-/m1/s1. The Balaban J connectivity index is 1.99. The second-order valence-electron chi connectivity index (χ2n) is 3.37. The zero-order valence-electron chi connectivity index (χ0n) is 6.29. The van der Waals surface area contributed by atoms with Gasteiger partial charge < -0.3 is 15.3 Å². The molecule has 0 aliphatic carbocycles. The lowest BCUT2D eigenvalue weighted by molar-refractivity contribution is 0.152. The van der Waals surface area contributed by atoms with Crippen molar-refractivity contribution in [2.45, 2.75) is 0 Å². The van der Waals surface area contributed by atoms with Crippen LogP contribution in [0, 0.1) is 11.8 Å². The number of carboxylic acid groups (broad SMARTS) is 1. The van der Waals surface area contributed by atoms with Gasteiger partial charge in [-0.3, -0.25) is 0 Å². The predicted molar refractivity (Wildman–Crippen MR) is 39.4 cm³/mol. The molecule has 2 rings (SSSR count). The summed E-state index contributed by atoms with van der Waals surface area (Å²) in [7, 11) is 0. The van der Waals surface area contributed by atoms with E-state index in [2.05, 4.69) is 5.32 Å². The highest BCUT2D eigenvalue weighted by Crippen LogP contribution is 2.25. The summed E-state index contributed by atoms with van der Waals surface area (Å²) in [6.07, 6.45) is -0.764. The van der Waals surface area contributed by atoms with E-state index in [-0.39, 0.29) is 0 Å². The van der Waals surface area contributed by atoms with Crippen LogP contribution < -0.4 is 5.32 Å². The first-order chi connectivity index (χ1) is 5.27. The Morgan fingerprint density at radius 3 is 2.36 bits per heavy atom. The van der Waals surface area contributed by atoms with E-state index >= 15 is 0 Å². The maximum absolute atomic E-state index is 10.5. The molecule has 2 N–H and O–H groups in total. The number of fused-ring (bicyclic) bond motifs is 1. The Labute approximate surface area is 65.2 Å². The molecule has 2 fully saturated rings. The molecule has 11 heavy (non-hydrogen) atoms. The van der Waals surface area contributed by atoms with E-state index in [1.807, 2.05) is 0 Å². The largest absolute Gasteiger partial charge is 0.465 e. The van der Waals surface area contributed by atoms with Gasteiger partial charge in [0.2, 0.25) is 0 Å². The lowest BCUT2D eigenvalue weighted by Crippen LogP contribution is -2.30. The van der Waals surface area contributed by atoms with Crippen LogP contribution in [-0.2, 0) is 0 Å². The van der Waals surface area contributed by atoms with Crippen LogP contribution in [0.2, 0.25) is 0 Å². The first-order valence-electron chi connectivity index (χ1n) is 3.96. The molecule has 2 aliphatic heterocycles. The number of nitrogens with zero attached hydrogens (tertiary/aromatic N) is 1. The highest BCUT2D eigenvalue weighted by atomic mass is 16.4. The number of amides is 1. The second kappa shape index (κ2) is 2.37. The van der Waals surface area contributed by atoms with Gasteiger partial charge in [-0.15, -0.1) is 0 Å². The predicted octanol–water partition coefficient (Wildman–Crippen LogP) is -0.184. The summed E-state index contributed by atoms with van der Waals surface area (Å²) in [5, 5.41) is 11.9. The molecule has 62 valence electrons. The van der Waals surface area contributed by atoms with Crippen LogP contribution in [0.3, 0.4) is 0 Å². The zero-order valence-corrected chi connectivity index (χ0v) is 6.29. The van der Waals surface area contributed by atoms with Crippen LogP contribution >= 0.6 is 0 Å². The van der Waals surface area contributed by atoms with E-state index in [1.54, 1.807) is 0 Å². The first kappa shape index (κ1) is 6.91. The van der Waals surface area contributed by atoms with Crippen LogP contribution in [0.4, 0.5) is 4.79 Å². The van der Waals surface area contributed by atoms with Gasteiger partial charge in [-0.1, -0.05) is 0 Å². The molecule has 0 aromatic carbocycles. The average molecular weight is 156 g/mol. The van der Waals surface area contributed by atoms with Crippen LogP contribution in [0.5, 0.6) is 0 Å². The van der Waals surface area contributed by atoms with Gasteiger partial charge in [0, 0.05) is 26.2 Å². The zero-order chi connectivity index (χ0) is 7.84. The third-order valence-electron chi connectivity index (χ3n) is 2.66. The Hall–Kier alpha value is -0.770. The van der Waals surface area contributed by atoms with Crippen molar-refractivity contribution in [3.63, 3.8) is 0 Å². The minimum Gasteiger partial charge on any atom is -0.465 e. The van der Waals surface area contributed by atoms with E-state index in [9.17, 15) is 4.79 Å². The summed E-state index contributed by atoms with van der Waals surface area (Å²) < 4.78 is 0. The topological polar surface area (TPSA) is 52.6 Å². The quantitative estimate of drug-likeness (QED) is 0.511. The summed E-state index contributed by atoms with van der Waals surface area (Å²) in [6.45, 7) is 3.45. The molecule has 1 amide bonds. The number of hydrogen-bond donors (Lipinski definition) is 2. The third kappa shape index (κ3) is 1.07. The van der Waals surface area contributed by atoms with Crippen LogP contribution in [0.25, 0.3) is 0 Å². The van der Waals surface area contributed by atoms with Crippen molar-refractivity contribution in [1.29, 1.82) is 0 Å². The highest BCUT2D eigenvalue weighted by molar-refractivity contribution is 5.65. The van der Waals surface area contributed by atoms with Crippen molar-refractivity contribution in [3.05, 3.63) is 0 Å². The first-order valence-corrected chi connectivity index (χ1v) is 3.96. The monoisotopic (exact) mass is 156 g/mol. The fourth-order valence-electron chi connectivity index (χ4n) is 2.01. The van der Waals surface area contributed by atoms with Gasteiger partial charge in [0.1, 0.15) is 0 Å². The number of hydrogen-bond acceptors (Lipinski definition) is 2. The molecule has 0 unspecified atom stereocenters. The summed E-state index contributed by atoms with van der Waals surface area (Å²) in [5.74, 6) is 1.15. The normalized spacial score (nSPS) is 35.8. The molecule has 2 saturated heterocycles. The molecule has 0 radical (unpaired) electrons. The Morgan fingerprint density at radius 2 is 1.91 bits per heavy atom. The molecule has 4 heteroatoms. The van der Waals surface area contributed by atoms with Gasteiger partial charge >= 0.3 is 6.09 Å². The Kier molecular flexibility index (Phi) is 1.49. The van der Waals surface area contributed by atoms with Crippen molar-refractivity contribution < 1.29 is 9.90 Å². The van der Waals surface area contributed by atoms with Gasteiger partial charge in [-0.25, -0.2) is 4.79 Å². The maximum Gasteiger partial charge on any atom is 0.407 e. The van der Waals surface area contributed by atoms with E-state index in [0.29, 0.717) is 11.8 Å². The number of carbonyl (C=O) groups is 1. The van der Waals surface area contributed by atoms with E-state index < -0.39 is 6.09 Å². The molecule has 0 bridgehead atoms. The smallest absolute Gasteiger partial charge is 0.407 e. The van der Waals surface area contributed by atoms with E-state index in [0.717, 1.165) is 26.2 Å². The molecule has 2 aliphatic rings. The van der Waals surface area contributed by atoms with Crippen molar-refractivity contribution in [2.24, 2.45) is 11.8 Å². The van der Waals surface area contributed by atoms with Crippen LogP contribution in [0.15, 0.2) is 0 Å². The maximum atomic E-state index is 10.5. The van der Waals surface area contributed by atoms with E-state index in [1.165, 1.54) is 4.90 Å². The van der Waals surface area contributed by atoms with Gasteiger partial charge in [0.05, 0.1) is 0 Å². The number of likely N-dealkylation sites (tertiary alicyclic amines) is 1. The molecule has 2 heterocycles. The lowest BCUT2D eigenvalue weighted by Gasteiger charge is -2.11. The number of nitrogens with one attached hydrogen (secondary N) is 1. The molecule has 2 atom stereocenters. The van der Waals surface area contributed by atoms with Crippen molar-refractivity contribution in [1.82, 2.24) is 10.2 Å². The summed E-state index contributed by atoms with van der Waals surface area (Å²) >= 11 is 0. The molecule has 0 spiro atoms. The van der Waals surface area contributed by atoms with Crippen LogP contribution in [-0.4, -0.2) is 42.3 Å². The minimum absolute atomic E-state index is 0.575. The third-order valence-corrected chi connectivity index (χ3v) is 2.66. The van der Waals surface area contributed by atoms with Crippen molar-refractivity contribution >= 4 is 6.09 Å². The summed E-state index contributed by atoms with van der Waals surface area (Å²) in [6, 6.07) is 0. The molecule has 0 aromatic heterocycles. The fraction of sp³-hybridized carbons (Fsp3) is 0.857. The van der Waals surface area contributed by atoms with Gasteiger partial charge in [0.25, 0.3) is 0 Å². The van der Waals surface area contributed by atoms with E-state index in [4.69, 9.17) is 5.11 Å². The minimum atomic E-state index is -0.764. The molecule has 0 saturated carbocycles. The van der Waals surface area contributed by atoms with Gasteiger partial charge in [-0.05, 0) is 11.8 Å². The molecular weight excluding hydrogens is 144 g/mol. The van der Waals surface area contributed by atoms with Gasteiger partial charge in [0.15, 0.2) is 0 Å². The van der Waals surface area contributed by atoms with Gasteiger partial charge in [-0.2, -0.15) is 0 Å². The second-order valence-corrected chi connectivity index (χ2v) is 3.37. The Morgan fingerprint density at radius 1 is 1.36 bits per heavy atom. The summed E-state index contributed by atoms with van der Waals surface area (Å²) in [4.78, 5) is 12.1. The Bertz CT molecular complexity index is 171. The molecular formula is C7H12N2O2. The SMILES string of the molecule is O=C(O)N1C[C@H]2CNC[C@@H]2C1. The van der Waals surface area contributed by atoms with Crippen molar-refractivity contribution in [3.8, 4) is 0 Å². The summed E-state index contributed by atoms with van der Waals surface area (Å²) in [5.41, 5.74) is 0. The van der Waals surface area contributed by atoms with Crippen LogP contribution in [0.1, 0.15) is 0 Å². The molecule has 4 nitrogen and oxygen atoms in total. The number of rotatable bonds is 0. The molecule has 0 aromatic rings. The lowest BCUT2D eigenvalue weighted by atomic mass is 10.0. The average Bonchev–Trinajstić information content (AvgIpc) is 2.40.